The van der Waals surface area contributed by atoms with Crippen LogP contribution in [0.3, 0.4) is 0 Å². The molecule has 4 nitrogen and oxygen atoms in total. The molecule has 1 N–H and O–H groups in total. The van der Waals surface area contributed by atoms with Gasteiger partial charge in [-0.3, -0.25) is 9.59 Å². The third kappa shape index (κ3) is 2.02. The Labute approximate surface area is 110 Å². The Morgan fingerprint density at radius 3 is 2.50 bits per heavy atom. The number of para-hydroxylation sites is 1. The molecule has 1 aromatic rings. The van der Waals surface area contributed by atoms with E-state index in [-0.39, 0.29) is 10.7 Å². The fourth-order valence-electron chi connectivity index (χ4n) is 1.64. The van der Waals surface area contributed by atoms with Crippen molar-refractivity contribution in [3.63, 3.8) is 0 Å². The maximum absolute atomic E-state index is 12.1. The van der Waals surface area contributed by atoms with Gasteiger partial charge in [-0.2, -0.15) is 0 Å². The SMILES string of the molecule is C=CCNC1=C(Cl)C(=O)N(c2ccccc2)C1=O. The van der Waals surface area contributed by atoms with Crippen LogP contribution in [-0.2, 0) is 9.59 Å². The minimum Gasteiger partial charge on any atom is -0.376 e. The number of benzene rings is 1. The van der Waals surface area contributed by atoms with E-state index < -0.39 is 11.8 Å². The molecule has 1 aliphatic heterocycles. The number of carbonyl (C=O) groups excluding carboxylic acids is 2. The van der Waals surface area contributed by atoms with Gasteiger partial charge < -0.3 is 5.32 Å². The van der Waals surface area contributed by atoms with Gasteiger partial charge in [0.1, 0.15) is 10.7 Å². The number of carbonyl (C=O) groups is 2. The second kappa shape index (κ2) is 5.06. The zero-order valence-corrected chi connectivity index (χ0v) is 10.3. The second-order valence-corrected chi connectivity index (χ2v) is 4.02. The molecule has 1 aromatic carbocycles. The second-order valence-electron chi connectivity index (χ2n) is 3.64. The lowest BCUT2D eigenvalue weighted by Crippen LogP contribution is -2.33. The lowest BCUT2D eigenvalue weighted by molar-refractivity contribution is -0.120. The first-order valence-corrected chi connectivity index (χ1v) is 5.73. The van der Waals surface area contributed by atoms with Crippen molar-refractivity contribution in [3.05, 3.63) is 53.7 Å². The highest BCUT2D eigenvalue weighted by molar-refractivity contribution is 6.52. The summed E-state index contributed by atoms with van der Waals surface area (Å²) in [5, 5.41) is 2.69. The van der Waals surface area contributed by atoms with Gasteiger partial charge in [0.2, 0.25) is 0 Å². The lowest BCUT2D eigenvalue weighted by Gasteiger charge is -2.14. The van der Waals surface area contributed by atoms with Crippen LogP contribution in [0.2, 0.25) is 0 Å². The molecule has 0 unspecified atom stereocenters. The average Bonchev–Trinajstić information content (AvgIpc) is 2.60. The van der Waals surface area contributed by atoms with Crippen LogP contribution in [0.25, 0.3) is 0 Å². The Kier molecular flexibility index (Phi) is 3.48. The molecule has 0 aromatic heterocycles. The third-order valence-electron chi connectivity index (χ3n) is 2.46. The highest BCUT2D eigenvalue weighted by atomic mass is 35.5. The molecule has 1 aliphatic rings. The van der Waals surface area contributed by atoms with Crippen LogP contribution in [-0.4, -0.2) is 18.4 Å². The van der Waals surface area contributed by atoms with Crippen LogP contribution in [0.15, 0.2) is 53.7 Å². The molecule has 0 atom stereocenters. The quantitative estimate of drug-likeness (QED) is 0.665. The minimum absolute atomic E-state index is 0.0919. The van der Waals surface area contributed by atoms with Crippen molar-refractivity contribution in [1.29, 1.82) is 0 Å². The number of hydrogen-bond donors (Lipinski definition) is 1. The maximum atomic E-state index is 12.1. The first-order chi connectivity index (χ1) is 8.66. The van der Waals surface area contributed by atoms with Gasteiger partial charge in [-0.15, -0.1) is 6.58 Å². The summed E-state index contributed by atoms with van der Waals surface area (Å²) in [7, 11) is 0. The number of amides is 2. The number of anilines is 1. The van der Waals surface area contributed by atoms with E-state index in [9.17, 15) is 9.59 Å². The molecule has 0 bridgehead atoms. The van der Waals surface area contributed by atoms with E-state index in [1.807, 2.05) is 0 Å². The summed E-state index contributed by atoms with van der Waals surface area (Å²) in [4.78, 5) is 25.1. The molecule has 0 fully saturated rings. The van der Waals surface area contributed by atoms with Crippen molar-refractivity contribution in [1.82, 2.24) is 5.32 Å². The van der Waals surface area contributed by atoms with Crippen molar-refractivity contribution < 1.29 is 9.59 Å². The number of nitrogens with one attached hydrogen (secondary N) is 1. The van der Waals surface area contributed by atoms with Gasteiger partial charge in [-0.25, -0.2) is 4.90 Å². The van der Waals surface area contributed by atoms with Crippen LogP contribution in [0, 0.1) is 0 Å². The zero-order chi connectivity index (χ0) is 13.1. The predicted octanol–water partition coefficient (Wildman–Crippen LogP) is 1.79. The molecule has 0 radical (unpaired) electrons. The van der Waals surface area contributed by atoms with Gasteiger partial charge in [0, 0.05) is 6.54 Å². The van der Waals surface area contributed by atoms with Gasteiger partial charge in [-0.1, -0.05) is 35.9 Å². The normalized spacial score (nSPS) is 15.3. The van der Waals surface area contributed by atoms with Crippen LogP contribution in [0.5, 0.6) is 0 Å². The molecular weight excluding hydrogens is 252 g/mol. The van der Waals surface area contributed by atoms with Crippen molar-refractivity contribution in [2.45, 2.75) is 0 Å². The Hall–Kier alpha value is -2.07. The van der Waals surface area contributed by atoms with Crippen LogP contribution in [0.4, 0.5) is 5.69 Å². The molecule has 92 valence electrons. The van der Waals surface area contributed by atoms with E-state index in [2.05, 4.69) is 11.9 Å². The molecule has 2 rings (SSSR count). The summed E-state index contributed by atoms with van der Waals surface area (Å²) >= 11 is 5.87. The monoisotopic (exact) mass is 262 g/mol. The molecule has 1 heterocycles. The first-order valence-electron chi connectivity index (χ1n) is 5.35. The highest BCUT2D eigenvalue weighted by Crippen LogP contribution is 2.27. The molecule has 0 saturated carbocycles. The summed E-state index contributed by atoms with van der Waals surface area (Å²) in [5.74, 6) is -0.961. The van der Waals surface area contributed by atoms with E-state index in [4.69, 9.17) is 11.6 Å². The Morgan fingerprint density at radius 1 is 1.22 bits per heavy atom. The van der Waals surface area contributed by atoms with Gasteiger partial charge in [0.25, 0.3) is 11.8 Å². The van der Waals surface area contributed by atoms with Crippen LogP contribution >= 0.6 is 11.6 Å². The van der Waals surface area contributed by atoms with E-state index >= 15 is 0 Å². The number of halogens is 1. The fraction of sp³-hybridized carbons (Fsp3) is 0.0769. The van der Waals surface area contributed by atoms with E-state index in [1.54, 1.807) is 36.4 Å². The summed E-state index contributed by atoms with van der Waals surface area (Å²) < 4.78 is 0. The summed E-state index contributed by atoms with van der Waals surface area (Å²) in [6, 6.07) is 8.66. The summed E-state index contributed by atoms with van der Waals surface area (Å²) in [5.41, 5.74) is 0.617. The Balaban J connectivity index is 2.31. The predicted molar refractivity (Wildman–Crippen MR) is 70.0 cm³/mol. The Bertz CT molecular complexity index is 537. The lowest BCUT2D eigenvalue weighted by atomic mass is 10.3. The maximum Gasteiger partial charge on any atom is 0.283 e. The smallest absolute Gasteiger partial charge is 0.283 e. The van der Waals surface area contributed by atoms with Crippen molar-refractivity contribution in [2.24, 2.45) is 0 Å². The van der Waals surface area contributed by atoms with E-state index in [0.29, 0.717) is 12.2 Å². The van der Waals surface area contributed by atoms with Gasteiger partial charge >= 0.3 is 0 Å². The summed E-state index contributed by atoms with van der Waals surface area (Å²) in [6.45, 7) is 3.90. The highest BCUT2D eigenvalue weighted by Gasteiger charge is 2.38. The zero-order valence-electron chi connectivity index (χ0n) is 9.52. The molecule has 0 spiro atoms. The molecular formula is C13H11ClN2O2. The van der Waals surface area contributed by atoms with E-state index in [0.717, 1.165) is 4.90 Å². The molecule has 2 amide bonds. The van der Waals surface area contributed by atoms with Crippen LogP contribution in [0.1, 0.15) is 0 Å². The summed E-state index contributed by atoms with van der Waals surface area (Å²) in [6.07, 6.45) is 1.58. The first kappa shape index (κ1) is 12.4. The van der Waals surface area contributed by atoms with Gasteiger partial charge in [-0.05, 0) is 12.1 Å². The van der Waals surface area contributed by atoms with Gasteiger partial charge in [0.15, 0.2) is 0 Å². The van der Waals surface area contributed by atoms with Crippen LogP contribution < -0.4 is 10.2 Å². The number of imide groups is 1. The van der Waals surface area contributed by atoms with E-state index in [1.165, 1.54) is 0 Å². The average molecular weight is 263 g/mol. The minimum atomic E-state index is -0.514. The number of nitrogens with zero attached hydrogens (tertiary/aromatic N) is 1. The van der Waals surface area contributed by atoms with Crippen molar-refractivity contribution in [2.75, 3.05) is 11.4 Å². The fourth-order valence-corrected chi connectivity index (χ4v) is 1.87. The Morgan fingerprint density at radius 2 is 1.89 bits per heavy atom. The molecule has 0 saturated heterocycles. The molecule has 5 heteroatoms. The standard InChI is InChI=1S/C13H11ClN2O2/c1-2-8-15-11-10(14)12(17)16(13(11)18)9-6-4-3-5-7-9/h2-7,15H,1,8H2. The third-order valence-corrected chi connectivity index (χ3v) is 2.82. The van der Waals surface area contributed by atoms with Crippen molar-refractivity contribution in [3.8, 4) is 0 Å². The van der Waals surface area contributed by atoms with Gasteiger partial charge in [0.05, 0.1) is 5.69 Å². The number of hydrogen-bond acceptors (Lipinski definition) is 3. The number of rotatable bonds is 4. The van der Waals surface area contributed by atoms with Crippen molar-refractivity contribution >= 4 is 29.1 Å². The largest absolute Gasteiger partial charge is 0.376 e. The molecule has 0 aliphatic carbocycles. The molecule has 18 heavy (non-hydrogen) atoms. The topological polar surface area (TPSA) is 49.4 Å².